The van der Waals surface area contributed by atoms with Crippen molar-refractivity contribution >= 4 is 45.1 Å². The van der Waals surface area contributed by atoms with Gasteiger partial charge in [0.05, 0.1) is 17.7 Å². The van der Waals surface area contributed by atoms with E-state index in [1.54, 1.807) is 18.3 Å². The second-order valence-corrected chi connectivity index (χ2v) is 9.28. The van der Waals surface area contributed by atoms with E-state index in [1.807, 2.05) is 30.3 Å². The van der Waals surface area contributed by atoms with Crippen molar-refractivity contribution in [1.82, 2.24) is 9.55 Å². The van der Waals surface area contributed by atoms with Gasteiger partial charge >= 0.3 is 5.97 Å². The van der Waals surface area contributed by atoms with Crippen LogP contribution in [-0.2, 0) is 27.2 Å². The first-order chi connectivity index (χ1) is 14.5. The molecule has 0 aliphatic heterocycles. The van der Waals surface area contributed by atoms with Crippen molar-refractivity contribution in [3.8, 4) is 5.69 Å². The number of rotatable bonds is 6. The van der Waals surface area contributed by atoms with E-state index in [9.17, 15) is 14.4 Å². The standard InChI is InChI=1S/C22H22N2O4S2/c1-3-28-21(27)18(13(2)25)30-22-23-19-17(15-11-7-8-12-16(15)29-19)20(26)24(22)14-9-5-4-6-10-14/h4-6,9-10,18H,3,7-8,11-12H2,1-2H3. The molecule has 30 heavy (non-hydrogen) atoms. The number of hydrogen-bond donors (Lipinski definition) is 0. The summed E-state index contributed by atoms with van der Waals surface area (Å²) in [6.07, 6.45) is 4.02. The molecule has 0 fully saturated rings. The summed E-state index contributed by atoms with van der Waals surface area (Å²) in [6, 6.07) is 9.21. The fraction of sp³-hybridized carbons (Fsp3) is 0.364. The van der Waals surface area contributed by atoms with Crippen molar-refractivity contribution in [2.75, 3.05) is 6.61 Å². The Hall–Kier alpha value is -2.45. The third kappa shape index (κ3) is 3.81. The van der Waals surface area contributed by atoms with Gasteiger partial charge in [0.15, 0.2) is 16.2 Å². The molecule has 0 radical (unpaired) electrons. The van der Waals surface area contributed by atoms with E-state index in [-0.39, 0.29) is 17.9 Å². The van der Waals surface area contributed by atoms with Crippen LogP contribution in [0.4, 0.5) is 0 Å². The summed E-state index contributed by atoms with van der Waals surface area (Å²) in [5.74, 6) is -0.952. The predicted octanol–water partition coefficient (Wildman–Crippen LogP) is 3.94. The number of aromatic nitrogens is 2. The van der Waals surface area contributed by atoms with Crippen LogP contribution in [0, 0.1) is 0 Å². The molecule has 1 aliphatic rings. The van der Waals surface area contributed by atoms with Gasteiger partial charge in [-0.2, -0.15) is 0 Å². The molecule has 0 spiro atoms. The van der Waals surface area contributed by atoms with Crippen molar-refractivity contribution in [3.63, 3.8) is 0 Å². The minimum Gasteiger partial charge on any atom is -0.465 e. The highest BCUT2D eigenvalue weighted by molar-refractivity contribution is 8.01. The van der Waals surface area contributed by atoms with Gasteiger partial charge in [0.25, 0.3) is 5.56 Å². The first-order valence-corrected chi connectivity index (χ1v) is 11.7. The summed E-state index contributed by atoms with van der Waals surface area (Å²) in [6.45, 7) is 3.22. The van der Waals surface area contributed by atoms with Gasteiger partial charge in [0.1, 0.15) is 4.83 Å². The number of Topliss-reactive ketones (excluding diaryl/α,β-unsaturated/α-hetero) is 1. The van der Waals surface area contributed by atoms with Gasteiger partial charge < -0.3 is 4.74 Å². The Balaban J connectivity index is 1.92. The lowest BCUT2D eigenvalue weighted by molar-refractivity contribution is -0.144. The minimum absolute atomic E-state index is 0.153. The van der Waals surface area contributed by atoms with Gasteiger partial charge in [0.2, 0.25) is 0 Å². The maximum Gasteiger partial charge on any atom is 0.327 e. The van der Waals surface area contributed by atoms with E-state index >= 15 is 0 Å². The number of nitrogens with zero attached hydrogens (tertiary/aromatic N) is 2. The molecular formula is C22H22N2O4S2. The Morgan fingerprint density at radius 2 is 1.97 bits per heavy atom. The zero-order valence-electron chi connectivity index (χ0n) is 16.8. The molecule has 0 amide bonds. The second kappa shape index (κ2) is 8.73. The van der Waals surface area contributed by atoms with Crippen LogP contribution in [-0.4, -0.2) is 33.2 Å². The largest absolute Gasteiger partial charge is 0.465 e. The van der Waals surface area contributed by atoms with Gasteiger partial charge in [0, 0.05) is 4.88 Å². The fourth-order valence-corrected chi connectivity index (χ4v) is 5.98. The number of para-hydroxylation sites is 1. The SMILES string of the molecule is CCOC(=O)C(Sc1nc2sc3c(c2c(=O)n1-c1ccccc1)CCCC3)C(C)=O. The zero-order valence-corrected chi connectivity index (χ0v) is 18.5. The lowest BCUT2D eigenvalue weighted by atomic mass is 9.97. The number of ether oxygens (including phenoxy) is 1. The summed E-state index contributed by atoms with van der Waals surface area (Å²) >= 11 is 2.52. The van der Waals surface area contributed by atoms with E-state index in [0.29, 0.717) is 21.1 Å². The number of ketones is 1. The number of aryl methyl sites for hydroxylation is 2. The molecule has 2 heterocycles. The van der Waals surface area contributed by atoms with Gasteiger partial charge in [-0.15, -0.1) is 11.3 Å². The summed E-state index contributed by atoms with van der Waals surface area (Å²) in [5, 5.41) is -0.0807. The van der Waals surface area contributed by atoms with Crippen LogP contribution < -0.4 is 5.56 Å². The molecule has 1 aromatic carbocycles. The molecule has 0 saturated carbocycles. The predicted molar refractivity (Wildman–Crippen MR) is 119 cm³/mol. The minimum atomic E-state index is -1.07. The van der Waals surface area contributed by atoms with E-state index < -0.39 is 11.2 Å². The van der Waals surface area contributed by atoms with Crippen LogP contribution in [0.3, 0.4) is 0 Å². The fourth-order valence-electron chi connectivity index (χ4n) is 3.69. The molecule has 1 aliphatic carbocycles. The molecule has 0 bridgehead atoms. The number of thioether (sulfide) groups is 1. The Kier molecular flexibility index (Phi) is 6.06. The molecule has 1 unspecified atom stereocenters. The van der Waals surface area contributed by atoms with Crippen LogP contribution in [0.5, 0.6) is 0 Å². The number of carbonyl (C=O) groups is 2. The average Bonchev–Trinajstić information content (AvgIpc) is 3.11. The molecule has 6 nitrogen and oxygen atoms in total. The van der Waals surface area contributed by atoms with Crippen molar-refractivity contribution in [1.29, 1.82) is 0 Å². The van der Waals surface area contributed by atoms with Crippen LogP contribution in [0.25, 0.3) is 15.9 Å². The number of fused-ring (bicyclic) bond motifs is 3. The molecule has 0 saturated heterocycles. The van der Waals surface area contributed by atoms with Crippen LogP contribution in [0.2, 0.25) is 0 Å². The van der Waals surface area contributed by atoms with E-state index in [4.69, 9.17) is 9.72 Å². The molecule has 156 valence electrons. The molecule has 2 aromatic heterocycles. The number of hydrogen-bond acceptors (Lipinski definition) is 7. The highest BCUT2D eigenvalue weighted by Gasteiger charge is 2.30. The first-order valence-electron chi connectivity index (χ1n) is 9.97. The Labute approximate surface area is 182 Å². The van der Waals surface area contributed by atoms with Crippen molar-refractivity contribution in [3.05, 3.63) is 51.1 Å². The van der Waals surface area contributed by atoms with Crippen molar-refractivity contribution < 1.29 is 14.3 Å². The van der Waals surface area contributed by atoms with Gasteiger partial charge in [-0.1, -0.05) is 30.0 Å². The maximum atomic E-state index is 13.6. The third-order valence-electron chi connectivity index (χ3n) is 5.07. The smallest absolute Gasteiger partial charge is 0.327 e. The highest BCUT2D eigenvalue weighted by Crippen LogP contribution is 2.36. The highest BCUT2D eigenvalue weighted by atomic mass is 32.2. The topological polar surface area (TPSA) is 78.3 Å². The van der Waals surface area contributed by atoms with E-state index in [1.165, 1.54) is 16.4 Å². The molecular weight excluding hydrogens is 420 g/mol. The molecule has 8 heteroatoms. The summed E-state index contributed by atoms with van der Waals surface area (Å²) < 4.78 is 6.59. The van der Waals surface area contributed by atoms with Crippen molar-refractivity contribution in [2.24, 2.45) is 0 Å². The number of benzene rings is 1. The molecule has 4 rings (SSSR count). The summed E-state index contributed by atoms with van der Waals surface area (Å²) in [7, 11) is 0. The van der Waals surface area contributed by atoms with Crippen LogP contribution in [0.1, 0.15) is 37.1 Å². The lowest BCUT2D eigenvalue weighted by Crippen LogP contribution is -2.29. The number of carbonyl (C=O) groups excluding carboxylic acids is 2. The third-order valence-corrected chi connectivity index (χ3v) is 7.50. The Morgan fingerprint density at radius 1 is 1.23 bits per heavy atom. The average molecular weight is 443 g/mol. The van der Waals surface area contributed by atoms with Crippen LogP contribution in [0.15, 0.2) is 40.3 Å². The molecule has 1 atom stereocenters. The summed E-state index contributed by atoms with van der Waals surface area (Å²) in [5.41, 5.74) is 1.61. The first kappa shape index (κ1) is 20.8. The second-order valence-electron chi connectivity index (χ2n) is 7.12. The monoisotopic (exact) mass is 442 g/mol. The van der Waals surface area contributed by atoms with E-state index in [0.717, 1.165) is 43.0 Å². The van der Waals surface area contributed by atoms with E-state index in [2.05, 4.69) is 0 Å². The lowest BCUT2D eigenvalue weighted by Gasteiger charge is -2.16. The van der Waals surface area contributed by atoms with Crippen LogP contribution >= 0.6 is 23.1 Å². The maximum absolute atomic E-state index is 13.6. The summed E-state index contributed by atoms with van der Waals surface area (Å²) in [4.78, 5) is 44.9. The quantitative estimate of drug-likeness (QED) is 0.249. The Bertz CT molecular complexity index is 1170. The van der Waals surface area contributed by atoms with Crippen molar-refractivity contribution in [2.45, 2.75) is 49.9 Å². The number of thiophene rings is 1. The van der Waals surface area contributed by atoms with Gasteiger partial charge in [-0.25, -0.2) is 4.98 Å². The number of esters is 1. The molecule has 3 aromatic rings. The van der Waals surface area contributed by atoms with Gasteiger partial charge in [-0.05, 0) is 57.2 Å². The zero-order chi connectivity index (χ0) is 21.3. The van der Waals surface area contributed by atoms with Gasteiger partial charge in [-0.3, -0.25) is 19.0 Å². The normalized spacial score (nSPS) is 14.3. The molecule has 0 N–H and O–H groups in total. The Morgan fingerprint density at radius 3 is 2.67 bits per heavy atom.